The summed E-state index contributed by atoms with van der Waals surface area (Å²) in [6.45, 7) is 12.6. The fraction of sp³-hybridized carbons (Fsp3) is 0.667. The average molecular weight is 277 g/mol. The van der Waals surface area contributed by atoms with Crippen molar-refractivity contribution in [1.29, 1.82) is 0 Å². The third-order valence-corrected chi connectivity index (χ3v) is 3.63. The van der Waals surface area contributed by atoms with Crippen molar-refractivity contribution in [2.24, 2.45) is 11.8 Å². The second-order valence-corrected chi connectivity index (χ2v) is 6.03. The van der Waals surface area contributed by atoms with Crippen LogP contribution in [0.15, 0.2) is 24.3 Å². The number of rotatable bonds is 10. The molecular weight excluding hydrogens is 246 g/mol. The SMILES string of the molecule is CCOCCC(CNCC(C)C)Cc1ccccc1C. The lowest BCUT2D eigenvalue weighted by molar-refractivity contribution is 0.131. The van der Waals surface area contributed by atoms with Crippen molar-refractivity contribution in [1.82, 2.24) is 5.32 Å². The molecule has 1 unspecified atom stereocenters. The van der Waals surface area contributed by atoms with E-state index in [2.05, 4.69) is 57.3 Å². The molecule has 0 saturated carbocycles. The Morgan fingerprint density at radius 3 is 2.55 bits per heavy atom. The van der Waals surface area contributed by atoms with E-state index >= 15 is 0 Å². The smallest absolute Gasteiger partial charge is 0.0469 e. The van der Waals surface area contributed by atoms with Gasteiger partial charge in [-0.15, -0.1) is 0 Å². The van der Waals surface area contributed by atoms with Crippen molar-refractivity contribution in [3.63, 3.8) is 0 Å². The topological polar surface area (TPSA) is 21.3 Å². The molecule has 0 spiro atoms. The zero-order valence-corrected chi connectivity index (χ0v) is 13.6. The highest BCUT2D eigenvalue weighted by Crippen LogP contribution is 2.15. The molecule has 1 aromatic carbocycles. The molecule has 0 aliphatic heterocycles. The number of aryl methyl sites for hydroxylation is 1. The predicted octanol–water partition coefficient (Wildman–Crippen LogP) is 3.83. The fourth-order valence-electron chi connectivity index (χ4n) is 2.40. The summed E-state index contributed by atoms with van der Waals surface area (Å²) in [6, 6.07) is 8.72. The number of hydrogen-bond acceptors (Lipinski definition) is 2. The van der Waals surface area contributed by atoms with Crippen molar-refractivity contribution in [2.75, 3.05) is 26.3 Å². The quantitative estimate of drug-likeness (QED) is 0.656. The standard InChI is InChI=1S/C18H31NO/c1-5-20-11-10-17(14-19-13-15(2)3)12-18-9-7-6-8-16(18)4/h6-9,15,17,19H,5,10-14H2,1-4H3. The molecule has 2 nitrogen and oxygen atoms in total. The van der Waals surface area contributed by atoms with E-state index in [1.54, 1.807) is 0 Å². The van der Waals surface area contributed by atoms with Crippen LogP contribution in [0.2, 0.25) is 0 Å². The molecule has 1 rings (SSSR count). The van der Waals surface area contributed by atoms with Crippen LogP contribution in [0.4, 0.5) is 0 Å². The third kappa shape index (κ3) is 7.06. The molecule has 0 aliphatic carbocycles. The molecule has 114 valence electrons. The number of nitrogens with one attached hydrogen (secondary N) is 1. The first kappa shape index (κ1) is 17.2. The Hall–Kier alpha value is -0.860. The first-order valence-electron chi connectivity index (χ1n) is 7.96. The van der Waals surface area contributed by atoms with Crippen molar-refractivity contribution in [3.8, 4) is 0 Å². The first-order valence-corrected chi connectivity index (χ1v) is 7.96. The van der Waals surface area contributed by atoms with Gasteiger partial charge in [0, 0.05) is 13.2 Å². The van der Waals surface area contributed by atoms with E-state index in [-0.39, 0.29) is 0 Å². The molecule has 0 aromatic heterocycles. The van der Waals surface area contributed by atoms with Gasteiger partial charge in [0.2, 0.25) is 0 Å². The molecule has 20 heavy (non-hydrogen) atoms. The predicted molar refractivity (Wildman–Crippen MR) is 87.2 cm³/mol. The molecule has 0 heterocycles. The molecular formula is C18H31NO. The van der Waals surface area contributed by atoms with E-state index in [0.717, 1.165) is 39.1 Å². The highest BCUT2D eigenvalue weighted by molar-refractivity contribution is 5.25. The Bertz CT molecular complexity index is 362. The molecule has 0 saturated heterocycles. The molecule has 1 aromatic rings. The van der Waals surface area contributed by atoms with Crippen LogP contribution in [0.5, 0.6) is 0 Å². The Balaban J connectivity index is 2.50. The van der Waals surface area contributed by atoms with E-state index in [0.29, 0.717) is 11.8 Å². The lowest BCUT2D eigenvalue weighted by Crippen LogP contribution is -2.28. The van der Waals surface area contributed by atoms with Crippen LogP contribution >= 0.6 is 0 Å². The van der Waals surface area contributed by atoms with Crippen LogP contribution < -0.4 is 5.32 Å². The molecule has 1 N–H and O–H groups in total. The summed E-state index contributed by atoms with van der Waals surface area (Å²) in [6.07, 6.45) is 2.28. The highest BCUT2D eigenvalue weighted by Gasteiger charge is 2.11. The highest BCUT2D eigenvalue weighted by atomic mass is 16.5. The van der Waals surface area contributed by atoms with Gasteiger partial charge >= 0.3 is 0 Å². The van der Waals surface area contributed by atoms with Gasteiger partial charge in [-0.05, 0) is 62.7 Å². The molecule has 0 radical (unpaired) electrons. The van der Waals surface area contributed by atoms with Crippen LogP contribution in [0.25, 0.3) is 0 Å². The summed E-state index contributed by atoms with van der Waals surface area (Å²) in [4.78, 5) is 0. The van der Waals surface area contributed by atoms with E-state index in [4.69, 9.17) is 4.74 Å². The fourth-order valence-corrected chi connectivity index (χ4v) is 2.40. The second-order valence-electron chi connectivity index (χ2n) is 6.03. The van der Waals surface area contributed by atoms with Crippen molar-refractivity contribution >= 4 is 0 Å². The maximum atomic E-state index is 5.53. The minimum absolute atomic E-state index is 0.654. The van der Waals surface area contributed by atoms with E-state index in [9.17, 15) is 0 Å². The van der Waals surface area contributed by atoms with Crippen LogP contribution in [0.1, 0.15) is 38.3 Å². The largest absolute Gasteiger partial charge is 0.382 e. The lowest BCUT2D eigenvalue weighted by Gasteiger charge is -2.19. The number of benzene rings is 1. The Morgan fingerprint density at radius 2 is 1.90 bits per heavy atom. The van der Waals surface area contributed by atoms with Gasteiger partial charge < -0.3 is 10.1 Å². The summed E-state index contributed by atoms with van der Waals surface area (Å²) in [5, 5.41) is 3.60. The third-order valence-electron chi connectivity index (χ3n) is 3.63. The monoisotopic (exact) mass is 277 g/mol. The number of hydrogen-bond donors (Lipinski definition) is 1. The normalized spacial score (nSPS) is 12.8. The van der Waals surface area contributed by atoms with Gasteiger partial charge in [-0.25, -0.2) is 0 Å². The first-order chi connectivity index (χ1) is 9.63. The van der Waals surface area contributed by atoms with E-state index < -0.39 is 0 Å². The van der Waals surface area contributed by atoms with E-state index in [1.165, 1.54) is 11.1 Å². The zero-order chi connectivity index (χ0) is 14.8. The van der Waals surface area contributed by atoms with Crippen LogP contribution in [0.3, 0.4) is 0 Å². The van der Waals surface area contributed by atoms with Crippen LogP contribution in [0, 0.1) is 18.8 Å². The maximum absolute atomic E-state index is 5.53. The molecule has 0 bridgehead atoms. The number of ether oxygens (including phenoxy) is 1. The summed E-state index contributed by atoms with van der Waals surface area (Å²) in [5.41, 5.74) is 2.87. The van der Waals surface area contributed by atoms with Crippen molar-refractivity contribution in [3.05, 3.63) is 35.4 Å². The van der Waals surface area contributed by atoms with Gasteiger partial charge in [0.25, 0.3) is 0 Å². The van der Waals surface area contributed by atoms with E-state index in [1.807, 2.05) is 0 Å². The molecule has 0 fully saturated rings. The van der Waals surface area contributed by atoms with Gasteiger partial charge in [0.15, 0.2) is 0 Å². The molecule has 1 atom stereocenters. The van der Waals surface area contributed by atoms with Crippen LogP contribution in [-0.2, 0) is 11.2 Å². The Kier molecular flexibility index (Phi) is 8.56. The molecule has 0 aliphatic rings. The Labute approximate surface area is 124 Å². The van der Waals surface area contributed by atoms with Crippen molar-refractivity contribution < 1.29 is 4.74 Å². The minimum atomic E-state index is 0.654. The minimum Gasteiger partial charge on any atom is -0.382 e. The summed E-state index contributed by atoms with van der Waals surface area (Å²) < 4.78 is 5.53. The van der Waals surface area contributed by atoms with Gasteiger partial charge in [-0.3, -0.25) is 0 Å². The van der Waals surface area contributed by atoms with Crippen LogP contribution in [-0.4, -0.2) is 26.3 Å². The Morgan fingerprint density at radius 1 is 1.15 bits per heavy atom. The molecule has 2 heteroatoms. The average Bonchev–Trinajstić information content (AvgIpc) is 2.41. The van der Waals surface area contributed by atoms with Crippen molar-refractivity contribution in [2.45, 2.75) is 40.5 Å². The lowest BCUT2D eigenvalue weighted by atomic mass is 9.93. The zero-order valence-electron chi connectivity index (χ0n) is 13.6. The summed E-state index contributed by atoms with van der Waals surface area (Å²) in [7, 11) is 0. The summed E-state index contributed by atoms with van der Waals surface area (Å²) in [5.74, 6) is 1.36. The van der Waals surface area contributed by atoms with Gasteiger partial charge in [-0.1, -0.05) is 38.1 Å². The van der Waals surface area contributed by atoms with Gasteiger partial charge in [-0.2, -0.15) is 0 Å². The second kappa shape index (κ2) is 9.95. The maximum Gasteiger partial charge on any atom is 0.0469 e. The van der Waals surface area contributed by atoms with Gasteiger partial charge in [0.1, 0.15) is 0 Å². The van der Waals surface area contributed by atoms with Gasteiger partial charge in [0.05, 0.1) is 0 Å². The summed E-state index contributed by atoms with van der Waals surface area (Å²) >= 11 is 0. The molecule has 0 amide bonds.